The van der Waals surface area contributed by atoms with Crippen molar-refractivity contribution in [2.24, 2.45) is 0 Å². The van der Waals surface area contributed by atoms with Gasteiger partial charge in [0.25, 0.3) is 0 Å². The molecule has 39 heavy (non-hydrogen) atoms. The van der Waals surface area contributed by atoms with Gasteiger partial charge in [-0.25, -0.2) is 42.5 Å². The van der Waals surface area contributed by atoms with Crippen molar-refractivity contribution < 1.29 is 42.8 Å². The fourth-order valence-electron chi connectivity index (χ4n) is 2.81. The molecule has 1 aromatic heterocycles. The van der Waals surface area contributed by atoms with E-state index in [1.165, 1.54) is 0 Å². The molecule has 0 saturated heterocycles. The first kappa shape index (κ1) is 32.9. The Labute approximate surface area is 223 Å². The van der Waals surface area contributed by atoms with Crippen LogP contribution >= 0.6 is 0 Å². The van der Waals surface area contributed by atoms with E-state index in [0.717, 1.165) is 31.9 Å². The molecule has 0 aliphatic rings. The SMILES string of the molecule is C=CC(=O)OCCOCCn1c(=O)n(CCOCCOC(=O)C=C)c(=O)n(CCOCCOC(=O)C=C)c1=O. The summed E-state index contributed by atoms with van der Waals surface area (Å²) in [5.41, 5.74) is -2.62. The zero-order valence-electron chi connectivity index (χ0n) is 21.6. The normalized spacial score (nSPS) is 10.5. The van der Waals surface area contributed by atoms with Crippen LogP contribution in [0.4, 0.5) is 0 Å². The van der Waals surface area contributed by atoms with Gasteiger partial charge in [0.1, 0.15) is 19.8 Å². The second-order valence-corrected chi connectivity index (χ2v) is 7.25. The molecular formula is C24H33N3O12. The van der Waals surface area contributed by atoms with E-state index >= 15 is 0 Å². The van der Waals surface area contributed by atoms with Gasteiger partial charge in [-0.1, -0.05) is 19.7 Å². The van der Waals surface area contributed by atoms with Crippen molar-refractivity contribution in [1.29, 1.82) is 0 Å². The molecule has 0 fully saturated rings. The Morgan fingerprint density at radius 3 is 0.974 bits per heavy atom. The smallest absolute Gasteiger partial charge is 0.336 e. The van der Waals surface area contributed by atoms with Crippen LogP contribution in [0.15, 0.2) is 52.3 Å². The first-order valence-corrected chi connectivity index (χ1v) is 11.8. The molecular weight excluding hydrogens is 522 g/mol. The van der Waals surface area contributed by atoms with Crippen LogP contribution in [0.25, 0.3) is 0 Å². The molecule has 0 aromatic carbocycles. The molecule has 0 saturated carbocycles. The summed E-state index contributed by atoms with van der Waals surface area (Å²) in [4.78, 5) is 71.9. The molecule has 0 atom stereocenters. The van der Waals surface area contributed by atoms with E-state index in [9.17, 15) is 28.8 Å². The van der Waals surface area contributed by atoms with Gasteiger partial charge in [-0.3, -0.25) is 0 Å². The van der Waals surface area contributed by atoms with Gasteiger partial charge < -0.3 is 28.4 Å². The second-order valence-electron chi connectivity index (χ2n) is 7.25. The summed E-state index contributed by atoms with van der Waals surface area (Å²) in [5.74, 6) is -1.86. The molecule has 1 rings (SSSR count). The zero-order valence-corrected chi connectivity index (χ0v) is 21.6. The standard InChI is InChI=1S/C24H33N3O12/c1-4-19(28)37-16-13-34-10-7-25-22(31)26(8-11-35-14-17-38-20(29)5-2)24(33)27(23(25)32)9-12-36-15-18-39-21(30)6-3/h4-6H,1-3,7-18H2. The van der Waals surface area contributed by atoms with Gasteiger partial charge in [0.05, 0.1) is 59.3 Å². The van der Waals surface area contributed by atoms with Crippen LogP contribution in [-0.2, 0) is 62.4 Å². The van der Waals surface area contributed by atoms with Crippen molar-refractivity contribution in [3.63, 3.8) is 0 Å². The van der Waals surface area contributed by atoms with E-state index in [1.807, 2.05) is 0 Å². The lowest BCUT2D eigenvalue weighted by molar-refractivity contribution is -0.140. The van der Waals surface area contributed by atoms with Crippen molar-refractivity contribution in [3.8, 4) is 0 Å². The zero-order chi connectivity index (χ0) is 29.0. The molecule has 0 aliphatic heterocycles. The third kappa shape index (κ3) is 12.3. The van der Waals surface area contributed by atoms with E-state index < -0.39 is 35.0 Å². The van der Waals surface area contributed by atoms with Crippen LogP contribution in [0.5, 0.6) is 0 Å². The van der Waals surface area contributed by atoms with Crippen molar-refractivity contribution in [2.75, 3.05) is 59.5 Å². The van der Waals surface area contributed by atoms with E-state index in [-0.39, 0.29) is 79.1 Å². The van der Waals surface area contributed by atoms with Crippen LogP contribution in [0, 0.1) is 0 Å². The Kier molecular flexibility index (Phi) is 16.1. The van der Waals surface area contributed by atoms with Crippen LogP contribution in [0.3, 0.4) is 0 Å². The van der Waals surface area contributed by atoms with Gasteiger partial charge in [-0.05, 0) is 0 Å². The summed E-state index contributed by atoms with van der Waals surface area (Å²) in [6.07, 6.45) is 3.00. The van der Waals surface area contributed by atoms with Gasteiger partial charge >= 0.3 is 35.0 Å². The maximum Gasteiger partial charge on any atom is 0.336 e. The van der Waals surface area contributed by atoms with Crippen LogP contribution < -0.4 is 17.1 Å². The Morgan fingerprint density at radius 1 is 0.487 bits per heavy atom. The molecule has 1 heterocycles. The molecule has 0 radical (unpaired) electrons. The van der Waals surface area contributed by atoms with Crippen LogP contribution in [-0.4, -0.2) is 91.1 Å². The predicted octanol–water partition coefficient (Wildman–Crippen LogP) is -1.59. The van der Waals surface area contributed by atoms with Crippen LogP contribution in [0.2, 0.25) is 0 Å². The maximum atomic E-state index is 12.9. The highest BCUT2D eigenvalue weighted by Crippen LogP contribution is 1.87. The molecule has 15 nitrogen and oxygen atoms in total. The minimum Gasteiger partial charge on any atom is -0.460 e. The summed E-state index contributed by atoms with van der Waals surface area (Å²) in [6.45, 7) is 8.84. The Hall–Kier alpha value is -4.08. The fourth-order valence-corrected chi connectivity index (χ4v) is 2.81. The van der Waals surface area contributed by atoms with E-state index in [2.05, 4.69) is 19.7 Å². The largest absolute Gasteiger partial charge is 0.460 e. The predicted molar refractivity (Wildman–Crippen MR) is 135 cm³/mol. The number of ether oxygens (including phenoxy) is 6. The molecule has 0 aliphatic carbocycles. The van der Waals surface area contributed by atoms with Crippen molar-refractivity contribution >= 4 is 17.9 Å². The van der Waals surface area contributed by atoms with Gasteiger partial charge in [0, 0.05) is 18.2 Å². The summed E-state index contributed by atoms with van der Waals surface area (Å²) in [6, 6.07) is 0. The number of aromatic nitrogens is 3. The van der Waals surface area contributed by atoms with Crippen molar-refractivity contribution in [1.82, 2.24) is 13.7 Å². The third-order valence-electron chi connectivity index (χ3n) is 4.68. The average Bonchev–Trinajstić information content (AvgIpc) is 2.93. The molecule has 0 N–H and O–H groups in total. The highest BCUT2D eigenvalue weighted by atomic mass is 16.6. The summed E-state index contributed by atoms with van der Waals surface area (Å²) < 4.78 is 32.7. The molecule has 0 amide bonds. The average molecular weight is 556 g/mol. The van der Waals surface area contributed by atoms with Gasteiger partial charge in [-0.15, -0.1) is 0 Å². The number of rotatable bonds is 21. The summed E-state index contributed by atoms with van der Waals surface area (Å²) in [5, 5.41) is 0. The van der Waals surface area contributed by atoms with Gasteiger partial charge in [0.2, 0.25) is 0 Å². The summed E-state index contributed by atoms with van der Waals surface area (Å²) >= 11 is 0. The van der Waals surface area contributed by atoms with Gasteiger partial charge in [-0.2, -0.15) is 0 Å². The van der Waals surface area contributed by atoms with Gasteiger partial charge in [0.15, 0.2) is 0 Å². The third-order valence-corrected chi connectivity index (χ3v) is 4.68. The quantitative estimate of drug-likeness (QED) is 0.0738. The highest BCUT2D eigenvalue weighted by Gasteiger charge is 2.15. The minimum absolute atomic E-state index is 0.0106. The molecule has 0 spiro atoms. The molecule has 216 valence electrons. The lowest BCUT2D eigenvalue weighted by Gasteiger charge is -2.14. The van der Waals surface area contributed by atoms with Crippen LogP contribution in [0.1, 0.15) is 0 Å². The number of hydrogen-bond acceptors (Lipinski definition) is 12. The molecule has 1 aromatic rings. The molecule has 0 unspecified atom stereocenters. The number of esters is 3. The molecule has 15 heteroatoms. The number of hydrogen-bond donors (Lipinski definition) is 0. The number of nitrogens with zero attached hydrogens (tertiary/aromatic N) is 3. The summed E-state index contributed by atoms with van der Waals surface area (Å²) in [7, 11) is 0. The van der Waals surface area contributed by atoms with E-state index in [1.54, 1.807) is 0 Å². The van der Waals surface area contributed by atoms with Crippen molar-refractivity contribution in [3.05, 3.63) is 69.4 Å². The topological polar surface area (TPSA) is 173 Å². The van der Waals surface area contributed by atoms with E-state index in [4.69, 9.17) is 28.4 Å². The Morgan fingerprint density at radius 2 is 0.744 bits per heavy atom. The van der Waals surface area contributed by atoms with E-state index in [0.29, 0.717) is 0 Å². The Balaban J connectivity index is 2.88. The first-order chi connectivity index (χ1) is 18.8. The Bertz CT molecular complexity index is 991. The number of carbonyl (C=O) groups is 3. The maximum absolute atomic E-state index is 12.9. The lowest BCUT2D eigenvalue weighted by Crippen LogP contribution is -2.55. The first-order valence-electron chi connectivity index (χ1n) is 11.8. The highest BCUT2D eigenvalue weighted by molar-refractivity contribution is 5.81. The monoisotopic (exact) mass is 555 g/mol. The number of carbonyl (C=O) groups excluding carboxylic acids is 3. The second kappa shape index (κ2) is 19.1. The van der Waals surface area contributed by atoms with Crippen molar-refractivity contribution in [2.45, 2.75) is 19.6 Å². The molecule has 0 bridgehead atoms. The fraction of sp³-hybridized carbons (Fsp3) is 0.500. The lowest BCUT2D eigenvalue weighted by atomic mass is 10.5. The minimum atomic E-state index is -0.873.